The van der Waals surface area contributed by atoms with Crippen LogP contribution in [0.1, 0.15) is 26.3 Å². The molecule has 3 aromatic carbocycles. The maximum absolute atomic E-state index is 12.5. The van der Waals surface area contributed by atoms with E-state index in [4.69, 9.17) is 5.73 Å². The molecule has 0 aromatic heterocycles. The predicted molar refractivity (Wildman–Crippen MR) is 120 cm³/mol. The second-order valence-electron chi connectivity index (χ2n) is 6.58. The Morgan fingerprint density at radius 1 is 0.867 bits per heavy atom. The molecule has 4 N–H and O–H groups in total. The van der Waals surface area contributed by atoms with Crippen molar-refractivity contribution in [3.05, 3.63) is 89.5 Å². The third-order valence-electron chi connectivity index (χ3n) is 4.30. The number of hydrogen-bond acceptors (Lipinski definition) is 4. The minimum absolute atomic E-state index is 0.174. The van der Waals surface area contributed by atoms with Gasteiger partial charge in [-0.1, -0.05) is 24.3 Å². The summed E-state index contributed by atoms with van der Waals surface area (Å²) in [6.07, 6.45) is 0. The van der Waals surface area contributed by atoms with Crippen LogP contribution in [0.4, 0.5) is 11.4 Å². The third-order valence-corrected chi connectivity index (χ3v) is 5.30. The monoisotopic (exact) mass is 419 g/mol. The summed E-state index contributed by atoms with van der Waals surface area (Å²) in [5.41, 5.74) is 8.36. The van der Waals surface area contributed by atoms with Crippen LogP contribution in [0.5, 0.6) is 0 Å². The molecule has 0 saturated heterocycles. The van der Waals surface area contributed by atoms with Crippen LogP contribution >= 0.6 is 11.8 Å². The Morgan fingerprint density at radius 3 is 2.30 bits per heavy atom. The fourth-order valence-corrected chi connectivity index (χ4v) is 3.51. The maximum atomic E-state index is 12.5. The molecule has 0 aliphatic carbocycles. The molecule has 0 saturated carbocycles. The summed E-state index contributed by atoms with van der Waals surface area (Å²) in [7, 11) is 0. The number of hydrogen-bond donors (Lipinski definition) is 3. The van der Waals surface area contributed by atoms with E-state index in [1.54, 1.807) is 36.4 Å². The number of amides is 3. The Hall–Kier alpha value is -3.58. The minimum Gasteiger partial charge on any atom is -0.366 e. The molecule has 0 aliphatic heterocycles. The van der Waals surface area contributed by atoms with Gasteiger partial charge in [-0.2, -0.15) is 0 Å². The highest BCUT2D eigenvalue weighted by Gasteiger charge is 2.10. The van der Waals surface area contributed by atoms with E-state index >= 15 is 0 Å². The molecule has 0 aliphatic rings. The second-order valence-corrected chi connectivity index (χ2v) is 7.62. The molecule has 0 heterocycles. The van der Waals surface area contributed by atoms with E-state index in [1.165, 1.54) is 11.8 Å². The zero-order chi connectivity index (χ0) is 21.5. The SMILES string of the molecule is Cc1ccccc1C(=O)Nc1cccc(SCC(=O)Nc2ccc(C(N)=O)cc2)c1. The molecule has 0 fully saturated rings. The predicted octanol–water partition coefficient (Wildman–Crippen LogP) is 4.08. The van der Waals surface area contributed by atoms with Crippen molar-refractivity contribution in [1.82, 2.24) is 0 Å². The zero-order valence-electron chi connectivity index (χ0n) is 16.3. The molecule has 0 unspecified atom stereocenters. The number of primary amides is 1. The van der Waals surface area contributed by atoms with Crippen LogP contribution in [0.3, 0.4) is 0 Å². The van der Waals surface area contributed by atoms with E-state index in [0.29, 0.717) is 22.5 Å². The van der Waals surface area contributed by atoms with Crippen molar-refractivity contribution in [2.75, 3.05) is 16.4 Å². The molecule has 0 bridgehead atoms. The van der Waals surface area contributed by atoms with Crippen molar-refractivity contribution in [2.45, 2.75) is 11.8 Å². The average molecular weight is 420 g/mol. The van der Waals surface area contributed by atoms with Crippen LogP contribution in [0, 0.1) is 6.92 Å². The first-order chi connectivity index (χ1) is 14.4. The minimum atomic E-state index is -0.516. The lowest BCUT2D eigenvalue weighted by Crippen LogP contribution is -2.15. The molecule has 3 amide bonds. The Morgan fingerprint density at radius 2 is 1.60 bits per heavy atom. The molecule has 6 nitrogen and oxygen atoms in total. The van der Waals surface area contributed by atoms with Crippen LogP contribution in [0.25, 0.3) is 0 Å². The molecule has 3 rings (SSSR count). The van der Waals surface area contributed by atoms with Gasteiger partial charge in [0.15, 0.2) is 0 Å². The van der Waals surface area contributed by atoms with Gasteiger partial charge >= 0.3 is 0 Å². The number of nitrogens with two attached hydrogens (primary N) is 1. The molecule has 152 valence electrons. The number of anilines is 2. The van der Waals surface area contributed by atoms with Crippen molar-refractivity contribution >= 4 is 40.9 Å². The van der Waals surface area contributed by atoms with E-state index in [1.807, 2.05) is 43.3 Å². The summed E-state index contributed by atoms with van der Waals surface area (Å²) >= 11 is 1.36. The number of nitrogens with one attached hydrogen (secondary N) is 2. The number of thioether (sulfide) groups is 1. The third kappa shape index (κ3) is 5.71. The van der Waals surface area contributed by atoms with Crippen molar-refractivity contribution in [3.8, 4) is 0 Å². The average Bonchev–Trinajstić information content (AvgIpc) is 2.73. The van der Waals surface area contributed by atoms with Gasteiger partial charge < -0.3 is 16.4 Å². The van der Waals surface area contributed by atoms with Crippen LogP contribution in [0.15, 0.2) is 77.7 Å². The van der Waals surface area contributed by atoms with Crippen molar-refractivity contribution in [3.63, 3.8) is 0 Å². The quantitative estimate of drug-likeness (QED) is 0.502. The lowest BCUT2D eigenvalue weighted by molar-refractivity contribution is -0.113. The van der Waals surface area contributed by atoms with Crippen molar-refractivity contribution in [2.24, 2.45) is 5.73 Å². The van der Waals surface area contributed by atoms with Crippen molar-refractivity contribution < 1.29 is 14.4 Å². The highest BCUT2D eigenvalue weighted by Crippen LogP contribution is 2.23. The van der Waals surface area contributed by atoms with E-state index in [-0.39, 0.29) is 17.6 Å². The van der Waals surface area contributed by atoms with E-state index in [2.05, 4.69) is 10.6 Å². The molecular formula is C23H21N3O3S. The summed E-state index contributed by atoms with van der Waals surface area (Å²) in [6.45, 7) is 1.89. The van der Waals surface area contributed by atoms with Gasteiger partial charge in [-0.05, 0) is 61.0 Å². The first-order valence-corrected chi connectivity index (χ1v) is 10.2. The van der Waals surface area contributed by atoms with Crippen molar-refractivity contribution in [1.29, 1.82) is 0 Å². The fourth-order valence-electron chi connectivity index (χ4n) is 2.75. The maximum Gasteiger partial charge on any atom is 0.255 e. The Labute approximate surface area is 178 Å². The highest BCUT2D eigenvalue weighted by atomic mass is 32.2. The summed E-state index contributed by atoms with van der Waals surface area (Å²) in [6, 6.07) is 21.1. The Bertz CT molecular complexity index is 1080. The van der Waals surface area contributed by atoms with Crippen LogP contribution in [0.2, 0.25) is 0 Å². The highest BCUT2D eigenvalue weighted by molar-refractivity contribution is 8.00. The molecule has 0 spiro atoms. The van der Waals surface area contributed by atoms with Gasteiger partial charge in [0.25, 0.3) is 5.91 Å². The Balaban J connectivity index is 1.56. The Kier molecular flexibility index (Phi) is 6.87. The number of aryl methyl sites for hydroxylation is 1. The number of benzene rings is 3. The van der Waals surface area contributed by atoms with Gasteiger partial charge in [-0.15, -0.1) is 11.8 Å². The van der Waals surface area contributed by atoms with Gasteiger partial charge in [0.2, 0.25) is 11.8 Å². The first-order valence-electron chi connectivity index (χ1n) is 9.22. The topological polar surface area (TPSA) is 101 Å². The van der Waals surface area contributed by atoms with E-state index in [9.17, 15) is 14.4 Å². The van der Waals surface area contributed by atoms with Gasteiger partial charge in [-0.3, -0.25) is 14.4 Å². The van der Waals surface area contributed by atoms with Gasteiger partial charge in [-0.25, -0.2) is 0 Å². The number of carbonyl (C=O) groups is 3. The molecular weight excluding hydrogens is 398 g/mol. The van der Waals surface area contributed by atoms with Crippen LogP contribution in [-0.2, 0) is 4.79 Å². The first kappa shape index (κ1) is 21.1. The van der Waals surface area contributed by atoms with Gasteiger partial charge in [0.05, 0.1) is 5.75 Å². The summed E-state index contributed by atoms with van der Waals surface area (Å²) in [4.78, 5) is 36.6. The molecule has 3 aromatic rings. The molecule has 0 radical (unpaired) electrons. The zero-order valence-corrected chi connectivity index (χ0v) is 17.2. The van der Waals surface area contributed by atoms with Gasteiger partial charge in [0.1, 0.15) is 0 Å². The van der Waals surface area contributed by atoms with E-state index < -0.39 is 5.91 Å². The summed E-state index contributed by atoms with van der Waals surface area (Å²) in [5.74, 6) is -0.668. The number of rotatable bonds is 7. The molecule has 0 atom stereocenters. The molecule has 7 heteroatoms. The summed E-state index contributed by atoms with van der Waals surface area (Å²) in [5, 5.41) is 5.66. The normalized spacial score (nSPS) is 10.3. The van der Waals surface area contributed by atoms with Crippen LogP contribution in [-0.4, -0.2) is 23.5 Å². The van der Waals surface area contributed by atoms with E-state index in [0.717, 1.165) is 10.5 Å². The smallest absolute Gasteiger partial charge is 0.255 e. The van der Waals surface area contributed by atoms with Gasteiger partial charge in [0, 0.05) is 27.4 Å². The lowest BCUT2D eigenvalue weighted by Gasteiger charge is -2.09. The summed E-state index contributed by atoms with van der Waals surface area (Å²) < 4.78 is 0. The largest absolute Gasteiger partial charge is 0.366 e. The van der Waals surface area contributed by atoms with Crippen LogP contribution < -0.4 is 16.4 Å². The second kappa shape index (κ2) is 9.76. The standard InChI is InChI=1S/C23H21N3O3S/c1-15-5-2-3-8-20(15)23(29)26-18-6-4-7-19(13-18)30-14-21(27)25-17-11-9-16(10-12-17)22(24)28/h2-13H,14H2,1H3,(H2,24,28)(H,25,27)(H,26,29). The number of carbonyl (C=O) groups excluding carboxylic acids is 3. The lowest BCUT2D eigenvalue weighted by atomic mass is 10.1. The molecule has 30 heavy (non-hydrogen) atoms. The fraction of sp³-hybridized carbons (Fsp3) is 0.0870.